The van der Waals surface area contributed by atoms with Crippen LogP contribution >= 0.6 is 0 Å². The van der Waals surface area contributed by atoms with Gasteiger partial charge in [-0.2, -0.15) is 0 Å². The first-order chi connectivity index (χ1) is 4.74. The van der Waals surface area contributed by atoms with E-state index in [0.29, 0.717) is 6.54 Å². The molecule has 0 rings (SSSR count). The van der Waals surface area contributed by atoms with Gasteiger partial charge in [0.05, 0.1) is 19.7 Å². The van der Waals surface area contributed by atoms with Gasteiger partial charge in [-0.15, -0.1) is 0 Å². The van der Waals surface area contributed by atoms with Crippen molar-refractivity contribution in [3.63, 3.8) is 0 Å². The molecule has 0 fully saturated rings. The Balaban J connectivity index is 3.41. The van der Waals surface area contributed by atoms with Crippen LogP contribution in [0.3, 0.4) is 0 Å². The smallest absolute Gasteiger partial charge is 0.126 e. The van der Waals surface area contributed by atoms with E-state index in [1.165, 1.54) is 4.90 Å². The number of aliphatic hydroxyl groups is 2. The van der Waals surface area contributed by atoms with Gasteiger partial charge in [0.1, 0.15) is 12.6 Å². The second-order valence-corrected chi connectivity index (χ2v) is 2.50. The highest BCUT2D eigenvalue weighted by Crippen LogP contribution is 1.71. The van der Waals surface area contributed by atoms with Crippen LogP contribution in [0.4, 0.5) is 0 Å². The molecule has 0 aliphatic rings. The Hall–Kier alpha value is -0.120. The third-order valence-corrected chi connectivity index (χ3v) is 1.74. The first kappa shape index (κ1) is 9.88. The summed E-state index contributed by atoms with van der Waals surface area (Å²) in [7, 11) is 0. The minimum absolute atomic E-state index is 0.122. The van der Waals surface area contributed by atoms with Crippen molar-refractivity contribution in [2.75, 3.05) is 26.2 Å². The topological polar surface area (TPSA) is 44.9 Å². The monoisotopic (exact) mass is 148 g/mol. The predicted octanol–water partition coefficient (Wildman–Crippen LogP) is -1.74. The van der Waals surface area contributed by atoms with E-state index in [1.54, 1.807) is 0 Å². The predicted molar refractivity (Wildman–Crippen MR) is 40.0 cm³/mol. The number of aliphatic hydroxyl groups excluding tert-OH is 2. The van der Waals surface area contributed by atoms with Crippen LogP contribution in [-0.2, 0) is 0 Å². The van der Waals surface area contributed by atoms with E-state index in [2.05, 4.69) is 13.8 Å². The van der Waals surface area contributed by atoms with Gasteiger partial charge in [0.2, 0.25) is 0 Å². The van der Waals surface area contributed by atoms with E-state index in [9.17, 15) is 0 Å². The van der Waals surface area contributed by atoms with Crippen molar-refractivity contribution < 1.29 is 15.1 Å². The lowest BCUT2D eigenvalue weighted by Crippen LogP contribution is -3.12. The molecule has 3 nitrogen and oxygen atoms in total. The second kappa shape index (κ2) is 5.65. The molecule has 0 aliphatic heterocycles. The van der Waals surface area contributed by atoms with E-state index < -0.39 is 6.10 Å². The third-order valence-electron chi connectivity index (χ3n) is 1.74. The average molecular weight is 148 g/mol. The standard InChI is InChI=1S/C7H17NO2/c1-3-8(4-2)5-7(10)6-9/h7,9-10H,3-6H2,1-2H3/p+1/t7-/m1/s1. The molecular formula is C7H18NO2+. The van der Waals surface area contributed by atoms with Gasteiger partial charge in [-0.1, -0.05) is 0 Å². The van der Waals surface area contributed by atoms with Crippen molar-refractivity contribution in [1.82, 2.24) is 0 Å². The minimum Gasteiger partial charge on any atom is -0.393 e. The lowest BCUT2D eigenvalue weighted by molar-refractivity contribution is -0.899. The number of nitrogens with one attached hydrogen (secondary N) is 1. The highest BCUT2D eigenvalue weighted by molar-refractivity contribution is 4.46. The molecule has 0 amide bonds. The van der Waals surface area contributed by atoms with Crippen LogP contribution in [0.1, 0.15) is 13.8 Å². The van der Waals surface area contributed by atoms with Gasteiger partial charge in [-0.3, -0.25) is 0 Å². The van der Waals surface area contributed by atoms with E-state index in [4.69, 9.17) is 10.2 Å². The lowest BCUT2D eigenvalue weighted by Gasteiger charge is -2.17. The molecule has 0 aromatic rings. The largest absolute Gasteiger partial charge is 0.393 e. The van der Waals surface area contributed by atoms with Gasteiger partial charge >= 0.3 is 0 Å². The molecule has 0 radical (unpaired) electrons. The van der Waals surface area contributed by atoms with E-state index in [1.807, 2.05) is 0 Å². The summed E-state index contributed by atoms with van der Waals surface area (Å²) in [5.74, 6) is 0. The molecule has 1 atom stereocenters. The maximum Gasteiger partial charge on any atom is 0.126 e. The van der Waals surface area contributed by atoms with Crippen molar-refractivity contribution >= 4 is 0 Å². The van der Waals surface area contributed by atoms with Gasteiger partial charge < -0.3 is 15.1 Å². The zero-order valence-electron chi connectivity index (χ0n) is 6.80. The molecule has 0 saturated heterocycles. The molecule has 62 valence electrons. The summed E-state index contributed by atoms with van der Waals surface area (Å²) in [6.45, 7) is 6.69. The number of likely N-dealkylation sites (N-methyl/N-ethyl adjacent to an activating group) is 1. The van der Waals surface area contributed by atoms with Crippen LogP contribution in [0.15, 0.2) is 0 Å². The highest BCUT2D eigenvalue weighted by atomic mass is 16.3. The molecule has 0 saturated carbocycles. The van der Waals surface area contributed by atoms with Crippen molar-refractivity contribution in [2.45, 2.75) is 20.0 Å². The Morgan fingerprint density at radius 3 is 2.10 bits per heavy atom. The minimum atomic E-state index is -0.546. The van der Waals surface area contributed by atoms with Crippen molar-refractivity contribution in [3.05, 3.63) is 0 Å². The quantitative estimate of drug-likeness (QED) is 0.433. The summed E-state index contributed by atoms with van der Waals surface area (Å²) in [6.07, 6.45) is -0.546. The Kier molecular flexibility index (Phi) is 5.58. The van der Waals surface area contributed by atoms with Crippen LogP contribution in [0.25, 0.3) is 0 Å². The van der Waals surface area contributed by atoms with Crippen LogP contribution in [0.2, 0.25) is 0 Å². The number of hydrogen-bond acceptors (Lipinski definition) is 2. The summed E-state index contributed by atoms with van der Waals surface area (Å²) in [5, 5.41) is 17.5. The van der Waals surface area contributed by atoms with Crippen LogP contribution < -0.4 is 4.90 Å². The fraction of sp³-hybridized carbons (Fsp3) is 1.00. The maximum atomic E-state index is 9.02. The van der Waals surface area contributed by atoms with Gasteiger partial charge in [0, 0.05) is 0 Å². The summed E-state index contributed by atoms with van der Waals surface area (Å²) >= 11 is 0. The second-order valence-electron chi connectivity index (χ2n) is 2.50. The summed E-state index contributed by atoms with van der Waals surface area (Å²) < 4.78 is 0. The van der Waals surface area contributed by atoms with E-state index >= 15 is 0 Å². The molecule has 10 heavy (non-hydrogen) atoms. The normalized spacial score (nSPS) is 14.1. The van der Waals surface area contributed by atoms with Gasteiger partial charge in [0.25, 0.3) is 0 Å². The van der Waals surface area contributed by atoms with Crippen LogP contribution in [0.5, 0.6) is 0 Å². The van der Waals surface area contributed by atoms with Crippen LogP contribution in [0, 0.1) is 0 Å². The van der Waals surface area contributed by atoms with Crippen LogP contribution in [-0.4, -0.2) is 42.6 Å². The number of rotatable bonds is 5. The fourth-order valence-corrected chi connectivity index (χ4v) is 0.936. The van der Waals surface area contributed by atoms with E-state index in [0.717, 1.165) is 13.1 Å². The Bertz CT molecular complexity index is 74.0. The number of hydrogen-bond donors (Lipinski definition) is 3. The van der Waals surface area contributed by atoms with Crippen molar-refractivity contribution in [1.29, 1.82) is 0 Å². The zero-order valence-corrected chi connectivity index (χ0v) is 6.80. The molecule has 0 aliphatic carbocycles. The lowest BCUT2D eigenvalue weighted by atomic mass is 10.3. The van der Waals surface area contributed by atoms with Gasteiger partial charge in [0.15, 0.2) is 0 Å². The van der Waals surface area contributed by atoms with Crippen molar-refractivity contribution in [3.8, 4) is 0 Å². The summed E-state index contributed by atoms with van der Waals surface area (Å²) in [4.78, 5) is 1.32. The molecule has 0 unspecified atom stereocenters. The highest BCUT2D eigenvalue weighted by Gasteiger charge is 2.09. The fourth-order valence-electron chi connectivity index (χ4n) is 0.936. The van der Waals surface area contributed by atoms with Gasteiger partial charge in [-0.25, -0.2) is 0 Å². The summed E-state index contributed by atoms with van der Waals surface area (Å²) in [6, 6.07) is 0. The number of quaternary nitrogens is 1. The first-order valence-corrected chi connectivity index (χ1v) is 3.87. The molecule has 0 aromatic carbocycles. The Morgan fingerprint density at radius 2 is 1.80 bits per heavy atom. The molecule has 0 heterocycles. The maximum absolute atomic E-state index is 9.02. The molecule has 0 bridgehead atoms. The Morgan fingerprint density at radius 1 is 1.30 bits per heavy atom. The van der Waals surface area contributed by atoms with E-state index in [-0.39, 0.29) is 6.61 Å². The Labute approximate surface area is 62.3 Å². The molecule has 3 N–H and O–H groups in total. The molecule has 0 aromatic heterocycles. The zero-order chi connectivity index (χ0) is 7.98. The molecule has 3 heteroatoms. The van der Waals surface area contributed by atoms with Gasteiger partial charge in [-0.05, 0) is 13.8 Å². The summed E-state index contributed by atoms with van der Waals surface area (Å²) in [5.41, 5.74) is 0. The van der Waals surface area contributed by atoms with Crippen molar-refractivity contribution in [2.24, 2.45) is 0 Å². The molecular weight excluding hydrogens is 130 g/mol. The SMILES string of the molecule is CC[NH+](CC)C[C@@H](O)CO. The molecule has 0 spiro atoms. The first-order valence-electron chi connectivity index (χ1n) is 3.87. The average Bonchev–Trinajstić information content (AvgIpc) is 1.99. The third kappa shape index (κ3) is 3.82.